The molecule has 1 aromatic rings. The predicted octanol–water partition coefficient (Wildman–Crippen LogP) is 2.48. The van der Waals surface area contributed by atoms with Gasteiger partial charge < -0.3 is 15.4 Å². The SMILES string of the molecule is CCOC1CC(N)(C(=O)N(C)Cc2nccs2)C1(C)C.Cl.Cl. The molecule has 2 unspecified atom stereocenters. The highest BCUT2D eigenvalue weighted by Gasteiger charge is 2.63. The summed E-state index contributed by atoms with van der Waals surface area (Å²) in [5.74, 6) is -0.0337. The molecule has 1 heterocycles. The van der Waals surface area contributed by atoms with Crippen molar-refractivity contribution >= 4 is 42.1 Å². The van der Waals surface area contributed by atoms with Crippen molar-refractivity contribution < 1.29 is 9.53 Å². The average molecular weight is 370 g/mol. The maximum atomic E-state index is 12.7. The van der Waals surface area contributed by atoms with Crippen molar-refractivity contribution in [1.29, 1.82) is 0 Å². The Bertz CT molecular complexity index is 484. The fourth-order valence-corrected chi connectivity index (χ4v) is 3.41. The number of carbonyl (C=O) groups excluding carboxylic acids is 1. The predicted molar refractivity (Wildman–Crippen MR) is 93.8 cm³/mol. The first-order valence-corrected chi connectivity index (χ1v) is 7.75. The number of aromatic nitrogens is 1. The van der Waals surface area contributed by atoms with Gasteiger partial charge >= 0.3 is 0 Å². The first-order chi connectivity index (χ1) is 9.33. The van der Waals surface area contributed by atoms with Crippen molar-refractivity contribution in [3.05, 3.63) is 16.6 Å². The molecule has 1 amide bonds. The van der Waals surface area contributed by atoms with E-state index in [1.54, 1.807) is 29.5 Å². The number of rotatable bonds is 5. The quantitative estimate of drug-likeness (QED) is 0.865. The van der Waals surface area contributed by atoms with E-state index in [0.29, 0.717) is 19.6 Å². The van der Waals surface area contributed by atoms with Crippen molar-refractivity contribution in [2.24, 2.45) is 11.1 Å². The van der Waals surface area contributed by atoms with Gasteiger partial charge in [-0.2, -0.15) is 0 Å². The van der Waals surface area contributed by atoms with Crippen LogP contribution in [0.4, 0.5) is 0 Å². The van der Waals surface area contributed by atoms with Gasteiger partial charge in [0.1, 0.15) is 10.5 Å². The number of halogens is 2. The van der Waals surface area contributed by atoms with Crippen molar-refractivity contribution in [3.63, 3.8) is 0 Å². The lowest BCUT2D eigenvalue weighted by Crippen LogP contribution is -2.75. The monoisotopic (exact) mass is 369 g/mol. The van der Waals surface area contributed by atoms with E-state index in [1.165, 1.54) is 0 Å². The van der Waals surface area contributed by atoms with Crippen LogP contribution in [0, 0.1) is 5.41 Å². The normalized spacial score (nSPS) is 25.4. The molecule has 0 aliphatic heterocycles. The molecule has 0 aromatic carbocycles. The Balaban J connectivity index is 0.00000220. The fourth-order valence-electron chi connectivity index (χ4n) is 2.74. The molecular weight excluding hydrogens is 345 g/mol. The number of hydrogen-bond acceptors (Lipinski definition) is 5. The lowest BCUT2D eigenvalue weighted by atomic mass is 9.54. The summed E-state index contributed by atoms with van der Waals surface area (Å²) in [5.41, 5.74) is 5.19. The largest absolute Gasteiger partial charge is 0.378 e. The van der Waals surface area contributed by atoms with Gasteiger partial charge in [0, 0.05) is 37.1 Å². The summed E-state index contributed by atoms with van der Waals surface area (Å²) >= 11 is 1.54. The second-order valence-electron chi connectivity index (χ2n) is 5.93. The maximum absolute atomic E-state index is 12.7. The Morgan fingerprint density at radius 2 is 2.18 bits per heavy atom. The Morgan fingerprint density at radius 3 is 2.64 bits per heavy atom. The zero-order chi connectivity index (χ0) is 15.0. The van der Waals surface area contributed by atoms with Gasteiger partial charge in [-0.3, -0.25) is 4.79 Å². The minimum Gasteiger partial charge on any atom is -0.378 e. The van der Waals surface area contributed by atoms with Crippen LogP contribution in [0.3, 0.4) is 0 Å². The second-order valence-corrected chi connectivity index (χ2v) is 6.91. The smallest absolute Gasteiger partial charge is 0.243 e. The van der Waals surface area contributed by atoms with E-state index in [0.717, 1.165) is 5.01 Å². The molecule has 0 radical (unpaired) electrons. The molecule has 1 aromatic heterocycles. The van der Waals surface area contributed by atoms with Crippen molar-refractivity contribution in [2.75, 3.05) is 13.7 Å². The number of hydrogen-bond donors (Lipinski definition) is 1. The first-order valence-electron chi connectivity index (χ1n) is 6.87. The third kappa shape index (κ3) is 3.57. The summed E-state index contributed by atoms with van der Waals surface area (Å²) in [6.07, 6.45) is 2.37. The van der Waals surface area contributed by atoms with Crippen LogP contribution in [0.5, 0.6) is 0 Å². The summed E-state index contributed by atoms with van der Waals surface area (Å²) in [4.78, 5) is 18.5. The molecule has 2 N–H and O–H groups in total. The van der Waals surface area contributed by atoms with Gasteiger partial charge in [-0.25, -0.2) is 4.98 Å². The van der Waals surface area contributed by atoms with Crippen LogP contribution in [-0.2, 0) is 16.1 Å². The molecule has 1 aliphatic rings. The van der Waals surface area contributed by atoms with Crippen LogP contribution in [-0.4, -0.2) is 41.1 Å². The van der Waals surface area contributed by atoms with Crippen LogP contribution >= 0.6 is 36.2 Å². The zero-order valence-electron chi connectivity index (χ0n) is 13.4. The molecule has 2 atom stereocenters. The van der Waals surface area contributed by atoms with E-state index in [1.807, 2.05) is 26.2 Å². The Labute approximate surface area is 148 Å². The van der Waals surface area contributed by atoms with Crippen molar-refractivity contribution in [3.8, 4) is 0 Å². The van der Waals surface area contributed by atoms with Gasteiger partial charge in [0.25, 0.3) is 0 Å². The Hall–Kier alpha value is -0.400. The van der Waals surface area contributed by atoms with Crippen molar-refractivity contribution in [2.45, 2.75) is 45.4 Å². The molecule has 0 spiro atoms. The number of carbonyl (C=O) groups is 1. The third-order valence-corrected chi connectivity index (χ3v) is 5.18. The van der Waals surface area contributed by atoms with Gasteiger partial charge in [-0.1, -0.05) is 13.8 Å². The minimum absolute atomic E-state index is 0. The standard InChI is InChI=1S/C14H23N3O2S.2ClH/c1-5-19-10-8-14(15,13(10,2)3)12(18)17(4)9-11-16-6-7-20-11;;/h6-7,10H,5,8-9,15H2,1-4H3;2*1H. The lowest BCUT2D eigenvalue weighted by molar-refractivity contribution is -0.178. The van der Waals surface area contributed by atoms with E-state index in [9.17, 15) is 4.79 Å². The molecule has 128 valence electrons. The summed E-state index contributed by atoms with van der Waals surface area (Å²) in [7, 11) is 1.78. The highest BCUT2D eigenvalue weighted by atomic mass is 35.5. The van der Waals surface area contributed by atoms with Gasteiger partial charge in [0.15, 0.2) is 0 Å². The van der Waals surface area contributed by atoms with Crippen LogP contribution in [0.2, 0.25) is 0 Å². The van der Waals surface area contributed by atoms with Crippen LogP contribution in [0.25, 0.3) is 0 Å². The molecule has 8 heteroatoms. The molecule has 1 aliphatic carbocycles. The number of likely N-dealkylation sites (N-methyl/N-ethyl adjacent to an activating group) is 1. The average Bonchev–Trinajstić information content (AvgIpc) is 2.90. The highest BCUT2D eigenvalue weighted by Crippen LogP contribution is 2.50. The molecule has 0 bridgehead atoms. The molecule has 2 rings (SSSR count). The molecule has 1 fully saturated rings. The Morgan fingerprint density at radius 1 is 1.55 bits per heavy atom. The number of nitrogens with zero attached hydrogens (tertiary/aromatic N) is 2. The molecule has 0 saturated heterocycles. The topological polar surface area (TPSA) is 68.5 Å². The molecule has 5 nitrogen and oxygen atoms in total. The summed E-state index contributed by atoms with van der Waals surface area (Å²) in [5, 5.41) is 2.83. The van der Waals surface area contributed by atoms with Crippen LogP contribution < -0.4 is 5.73 Å². The summed E-state index contributed by atoms with van der Waals surface area (Å²) < 4.78 is 5.66. The molecule has 22 heavy (non-hydrogen) atoms. The van der Waals surface area contributed by atoms with E-state index in [4.69, 9.17) is 10.5 Å². The van der Waals surface area contributed by atoms with Crippen molar-refractivity contribution in [1.82, 2.24) is 9.88 Å². The van der Waals surface area contributed by atoms with Crippen LogP contribution in [0.1, 0.15) is 32.2 Å². The highest BCUT2D eigenvalue weighted by molar-refractivity contribution is 7.09. The Kier molecular flexibility index (Phi) is 7.78. The second kappa shape index (κ2) is 7.93. The number of amides is 1. The lowest BCUT2D eigenvalue weighted by Gasteiger charge is -2.58. The summed E-state index contributed by atoms with van der Waals surface area (Å²) in [6, 6.07) is 0. The minimum atomic E-state index is -0.848. The van der Waals surface area contributed by atoms with Crippen LogP contribution in [0.15, 0.2) is 11.6 Å². The molecular formula is C14H25Cl2N3O2S. The third-order valence-electron chi connectivity index (χ3n) is 4.41. The maximum Gasteiger partial charge on any atom is 0.243 e. The van der Waals surface area contributed by atoms with E-state index >= 15 is 0 Å². The molecule has 1 saturated carbocycles. The zero-order valence-corrected chi connectivity index (χ0v) is 15.8. The number of nitrogens with two attached hydrogens (primary N) is 1. The van der Waals surface area contributed by atoms with E-state index in [2.05, 4.69) is 4.98 Å². The summed E-state index contributed by atoms with van der Waals surface area (Å²) in [6.45, 7) is 7.12. The van der Waals surface area contributed by atoms with Gasteiger partial charge in [-0.05, 0) is 6.92 Å². The van der Waals surface area contributed by atoms with E-state index < -0.39 is 5.54 Å². The number of ether oxygens (including phenoxy) is 1. The van der Waals surface area contributed by atoms with Gasteiger partial charge in [0.2, 0.25) is 5.91 Å². The van der Waals surface area contributed by atoms with Gasteiger partial charge in [-0.15, -0.1) is 36.2 Å². The fraction of sp³-hybridized carbons (Fsp3) is 0.714. The van der Waals surface area contributed by atoms with E-state index in [-0.39, 0.29) is 42.2 Å². The first kappa shape index (κ1) is 21.6. The van der Waals surface area contributed by atoms with Gasteiger partial charge in [0.05, 0.1) is 12.6 Å². The number of thiazole rings is 1.